The summed E-state index contributed by atoms with van der Waals surface area (Å²) in [6, 6.07) is 9.20. The summed E-state index contributed by atoms with van der Waals surface area (Å²) in [7, 11) is 0. The smallest absolute Gasteiger partial charge is 0.0514 e. The molecule has 0 unspecified atom stereocenters. The standard InChI is InChI=1S/C13H17NS/c1-9(2)14-12(8-15)7-11-6-4-5-10(3)13(11)14/h4-7,9,15H,8H2,1-3H3. The summed E-state index contributed by atoms with van der Waals surface area (Å²) in [5.74, 6) is 0.798. The average Bonchev–Trinajstić information content (AvgIpc) is 2.57. The Hall–Kier alpha value is -0.890. The van der Waals surface area contributed by atoms with E-state index in [9.17, 15) is 0 Å². The van der Waals surface area contributed by atoms with Crippen LogP contribution in [0, 0.1) is 6.92 Å². The summed E-state index contributed by atoms with van der Waals surface area (Å²) in [6.07, 6.45) is 0. The molecule has 0 aliphatic carbocycles. The van der Waals surface area contributed by atoms with Crippen LogP contribution in [0.15, 0.2) is 24.3 Å². The minimum atomic E-state index is 0.491. The lowest BCUT2D eigenvalue weighted by Gasteiger charge is -2.14. The van der Waals surface area contributed by atoms with E-state index in [0.29, 0.717) is 6.04 Å². The van der Waals surface area contributed by atoms with E-state index >= 15 is 0 Å². The van der Waals surface area contributed by atoms with Crippen LogP contribution in [0.3, 0.4) is 0 Å². The zero-order chi connectivity index (χ0) is 11.0. The van der Waals surface area contributed by atoms with Crippen LogP contribution in [0.25, 0.3) is 10.9 Å². The Bertz CT molecular complexity index is 482. The summed E-state index contributed by atoms with van der Waals surface area (Å²) < 4.78 is 2.39. The van der Waals surface area contributed by atoms with Crippen molar-refractivity contribution in [1.29, 1.82) is 0 Å². The van der Waals surface area contributed by atoms with Crippen LogP contribution in [-0.4, -0.2) is 4.57 Å². The van der Waals surface area contributed by atoms with Crippen molar-refractivity contribution in [3.63, 3.8) is 0 Å². The first kappa shape index (κ1) is 10.6. The Morgan fingerprint density at radius 3 is 2.67 bits per heavy atom. The molecule has 0 fully saturated rings. The van der Waals surface area contributed by atoms with Crippen LogP contribution in [-0.2, 0) is 5.75 Å². The van der Waals surface area contributed by atoms with Gasteiger partial charge in [-0.1, -0.05) is 18.2 Å². The van der Waals surface area contributed by atoms with Gasteiger partial charge in [0.1, 0.15) is 0 Å². The Morgan fingerprint density at radius 1 is 1.33 bits per heavy atom. The molecule has 0 atom stereocenters. The molecule has 2 aromatic rings. The monoisotopic (exact) mass is 219 g/mol. The zero-order valence-corrected chi connectivity index (χ0v) is 10.4. The minimum absolute atomic E-state index is 0.491. The molecule has 1 heterocycles. The summed E-state index contributed by atoms with van der Waals surface area (Å²) in [5.41, 5.74) is 4.00. The van der Waals surface area contributed by atoms with Crippen molar-refractivity contribution in [3.8, 4) is 0 Å². The third-order valence-electron chi connectivity index (χ3n) is 2.82. The minimum Gasteiger partial charge on any atom is -0.341 e. The van der Waals surface area contributed by atoms with Gasteiger partial charge in [-0.15, -0.1) is 0 Å². The highest BCUT2D eigenvalue weighted by Gasteiger charge is 2.11. The first-order valence-corrected chi connectivity index (χ1v) is 5.98. The Balaban J connectivity index is 2.82. The van der Waals surface area contributed by atoms with Gasteiger partial charge in [-0.05, 0) is 32.4 Å². The molecule has 80 valence electrons. The van der Waals surface area contributed by atoms with E-state index in [1.807, 2.05) is 0 Å². The predicted octanol–water partition coefficient (Wildman–Crippen LogP) is 3.96. The number of para-hydroxylation sites is 1. The van der Waals surface area contributed by atoms with E-state index in [1.54, 1.807) is 0 Å². The molecule has 1 nitrogen and oxygen atoms in total. The fourth-order valence-corrected chi connectivity index (χ4v) is 2.48. The van der Waals surface area contributed by atoms with Crippen molar-refractivity contribution in [3.05, 3.63) is 35.5 Å². The van der Waals surface area contributed by atoms with Gasteiger partial charge in [-0.25, -0.2) is 0 Å². The molecule has 2 rings (SSSR count). The molecule has 0 bridgehead atoms. The van der Waals surface area contributed by atoms with Gasteiger partial charge >= 0.3 is 0 Å². The fraction of sp³-hybridized carbons (Fsp3) is 0.385. The van der Waals surface area contributed by atoms with Crippen LogP contribution in [0.4, 0.5) is 0 Å². The fourth-order valence-electron chi connectivity index (χ4n) is 2.23. The first-order chi connectivity index (χ1) is 7.15. The Labute approximate surface area is 96.5 Å². The summed E-state index contributed by atoms with van der Waals surface area (Å²) >= 11 is 4.40. The number of nitrogens with zero attached hydrogens (tertiary/aromatic N) is 1. The molecule has 0 N–H and O–H groups in total. The molecule has 0 radical (unpaired) electrons. The number of aryl methyl sites for hydroxylation is 1. The second kappa shape index (κ2) is 3.93. The van der Waals surface area contributed by atoms with Crippen LogP contribution < -0.4 is 0 Å². The predicted molar refractivity (Wildman–Crippen MR) is 69.8 cm³/mol. The Morgan fingerprint density at radius 2 is 2.07 bits per heavy atom. The molecular formula is C13H17NS. The molecule has 0 amide bonds. The van der Waals surface area contributed by atoms with E-state index in [0.717, 1.165) is 5.75 Å². The van der Waals surface area contributed by atoms with Crippen molar-refractivity contribution >= 4 is 23.5 Å². The van der Waals surface area contributed by atoms with Crippen LogP contribution in [0.5, 0.6) is 0 Å². The van der Waals surface area contributed by atoms with Gasteiger partial charge in [-0.2, -0.15) is 12.6 Å². The summed E-state index contributed by atoms with van der Waals surface area (Å²) in [4.78, 5) is 0. The highest BCUT2D eigenvalue weighted by molar-refractivity contribution is 7.79. The summed E-state index contributed by atoms with van der Waals surface area (Å²) in [6.45, 7) is 6.61. The van der Waals surface area contributed by atoms with E-state index < -0.39 is 0 Å². The second-order valence-corrected chi connectivity index (χ2v) is 4.59. The van der Waals surface area contributed by atoms with E-state index in [4.69, 9.17) is 0 Å². The first-order valence-electron chi connectivity index (χ1n) is 5.35. The number of aromatic nitrogens is 1. The maximum atomic E-state index is 4.40. The van der Waals surface area contributed by atoms with Gasteiger partial charge in [0.25, 0.3) is 0 Å². The van der Waals surface area contributed by atoms with Crippen LogP contribution in [0.1, 0.15) is 31.1 Å². The highest BCUT2D eigenvalue weighted by Crippen LogP contribution is 2.27. The largest absolute Gasteiger partial charge is 0.341 e. The van der Waals surface area contributed by atoms with Gasteiger partial charge in [0.15, 0.2) is 0 Å². The van der Waals surface area contributed by atoms with Crippen LogP contribution >= 0.6 is 12.6 Å². The molecule has 0 aliphatic rings. The second-order valence-electron chi connectivity index (χ2n) is 4.27. The lowest BCUT2D eigenvalue weighted by molar-refractivity contribution is 0.605. The molecule has 15 heavy (non-hydrogen) atoms. The molecule has 0 aliphatic heterocycles. The van der Waals surface area contributed by atoms with Crippen molar-refractivity contribution in [2.24, 2.45) is 0 Å². The average molecular weight is 219 g/mol. The number of benzene rings is 1. The number of hydrogen-bond acceptors (Lipinski definition) is 1. The number of thiol groups is 1. The lowest BCUT2D eigenvalue weighted by atomic mass is 10.1. The normalized spacial score (nSPS) is 11.5. The zero-order valence-electron chi connectivity index (χ0n) is 9.49. The SMILES string of the molecule is Cc1cccc2cc(CS)n(C(C)C)c12. The van der Waals surface area contributed by atoms with E-state index in [1.165, 1.54) is 22.2 Å². The number of fused-ring (bicyclic) bond motifs is 1. The van der Waals surface area contributed by atoms with E-state index in [-0.39, 0.29) is 0 Å². The van der Waals surface area contributed by atoms with Gasteiger partial charge < -0.3 is 4.57 Å². The highest BCUT2D eigenvalue weighted by atomic mass is 32.1. The lowest BCUT2D eigenvalue weighted by Crippen LogP contribution is -2.04. The Kier molecular flexibility index (Phi) is 2.79. The molecular weight excluding hydrogens is 202 g/mol. The molecule has 1 aromatic carbocycles. The third-order valence-corrected chi connectivity index (χ3v) is 3.14. The summed E-state index contributed by atoms with van der Waals surface area (Å²) in [5, 5.41) is 1.33. The topological polar surface area (TPSA) is 4.93 Å². The van der Waals surface area contributed by atoms with Crippen molar-refractivity contribution < 1.29 is 0 Å². The molecule has 0 saturated heterocycles. The maximum absolute atomic E-state index is 4.40. The molecule has 0 spiro atoms. The van der Waals surface area contributed by atoms with Gasteiger partial charge in [0, 0.05) is 22.9 Å². The number of rotatable bonds is 2. The molecule has 0 saturated carbocycles. The maximum Gasteiger partial charge on any atom is 0.0514 e. The van der Waals surface area contributed by atoms with Gasteiger partial charge in [0.05, 0.1) is 5.52 Å². The van der Waals surface area contributed by atoms with Crippen molar-refractivity contribution in [1.82, 2.24) is 4.57 Å². The van der Waals surface area contributed by atoms with Gasteiger partial charge in [0.2, 0.25) is 0 Å². The third kappa shape index (κ3) is 1.67. The quantitative estimate of drug-likeness (QED) is 0.729. The number of hydrogen-bond donors (Lipinski definition) is 1. The molecule has 1 aromatic heterocycles. The van der Waals surface area contributed by atoms with E-state index in [2.05, 4.69) is 62.2 Å². The van der Waals surface area contributed by atoms with Gasteiger partial charge in [-0.3, -0.25) is 0 Å². The van der Waals surface area contributed by atoms with Crippen molar-refractivity contribution in [2.45, 2.75) is 32.6 Å². The van der Waals surface area contributed by atoms with Crippen LogP contribution in [0.2, 0.25) is 0 Å². The van der Waals surface area contributed by atoms with Crippen molar-refractivity contribution in [2.75, 3.05) is 0 Å². The molecule has 2 heteroatoms.